The molecule has 0 aromatic heterocycles. The van der Waals surface area contributed by atoms with E-state index in [4.69, 9.17) is 16.3 Å². The standard InChI is InChI=1S/C11H10ClNO2/c1-8-7-15-11(14)13(8)6-9-4-2-3-5-10(9)12/h2-5H,1,6-7H2. The largest absolute Gasteiger partial charge is 0.443 e. The summed E-state index contributed by atoms with van der Waals surface area (Å²) < 4.78 is 4.83. The molecule has 4 heteroatoms. The van der Waals surface area contributed by atoms with E-state index in [2.05, 4.69) is 6.58 Å². The number of rotatable bonds is 2. The zero-order chi connectivity index (χ0) is 10.8. The van der Waals surface area contributed by atoms with Crippen molar-refractivity contribution in [1.29, 1.82) is 0 Å². The SMILES string of the molecule is C=C1COC(=O)N1Cc1ccccc1Cl. The van der Waals surface area contributed by atoms with Gasteiger partial charge in [0.25, 0.3) is 0 Å². The van der Waals surface area contributed by atoms with Crippen LogP contribution in [0.15, 0.2) is 36.5 Å². The maximum absolute atomic E-state index is 11.3. The number of amides is 1. The zero-order valence-corrected chi connectivity index (χ0v) is 8.83. The van der Waals surface area contributed by atoms with Gasteiger partial charge in [-0.15, -0.1) is 0 Å². The molecule has 3 nitrogen and oxygen atoms in total. The smallest absolute Gasteiger partial charge is 0.414 e. The molecule has 0 unspecified atom stereocenters. The summed E-state index contributed by atoms with van der Waals surface area (Å²) in [7, 11) is 0. The summed E-state index contributed by atoms with van der Waals surface area (Å²) in [5, 5.41) is 0.644. The molecule has 0 saturated carbocycles. The Bertz CT molecular complexity index is 401. The van der Waals surface area contributed by atoms with E-state index in [0.717, 1.165) is 5.56 Å². The van der Waals surface area contributed by atoms with Crippen molar-refractivity contribution in [1.82, 2.24) is 4.90 Å². The van der Waals surface area contributed by atoms with Crippen LogP contribution in [0.1, 0.15) is 5.56 Å². The van der Waals surface area contributed by atoms with Crippen molar-refractivity contribution in [3.8, 4) is 0 Å². The van der Waals surface area contributed by atoms with E-state index < -0.39 is 0 Å². The van der Waals surface area contributed by atoms with Crippen LogP contribution in [-0.2, 0) is 11.3 Å². The minimum atomic E-state index is -0.361. The molecule has 2 rings (SSSR count). The van der Waals surface area contributed by atoms with Crippen LogP contribution in [0.4, 0.5) is 4.79 Å². The lowest BCUT2D eigenvalue weighted by Crippen LogP contribution is -2.21. The summed E-state index contributed by atoms with van der Waals surface area (Å²) in [4.78, 5) is 12.8. The molecule has 1 aliphatic rings. The number of carbonyl (C=O) groups is 1. The van der Waals surface area contributed by atoms with Gasteiger partial charge in [0.1, 0.15) is 6.61 Å². The van der Waals surface area contributed by atoms with Crippen LogP contribution in [0.5, 0.6) is 0 Å². The fourth-order valence-corrected chi connectivity index (χ4v) is 1.60. The molecule has 1 aromatic rings. The second-order valence-corrected chi connectivity index (χ2v) is 3.71. The van der Waals surface area contributed by atoms with Crippen molar-refractivity contribution in [2.75, 3.05) is 6.61 Å². The Kier molecular flexibility index (Phi) is 2.64. The molecule has 1 fully saturated rings. The lowest BCUT2D eigenvalue weighted by atomic mass is 10.2. The van der Waals surface area contributed by atoms with E-state index in [0.29, 0.717) is 17.3 Å². The number of benzene rings is 1. The summed E-state index contributed by atoms with van der Waals surface area (Å²) in [5.41, 5.74) is 1.55. The predicted octanol–water partition coefficient (Wildman–Crippen LogP) is 2.81. The number of hydrogen-bond donors (Lipinski definition) is 0. The molecule has 1 heterocycles. The molecule has 1 saturated heterocycles. The molecule has 0 aliphatic carbocycles. The molecule has 0 bridgehead atoms. The molecular weight excluding hydrogens is 214 g/mol. The second kappa shape index (κ2) is 3.95. The average Bonchev–Trinajstić information content (AvgIpc) is 2.53. The normalized spacial score (nSPS) is 15.7. The number of ether oxygens (including phenoxy) is 1. The summed E-state index contributed by atoms with van der Waals surface area (Å²) in [6.07, 6.45) is -0.361. The Morgan fingerprint density at radius 3 is 2.80 bits per heavy atom. The first-order chi connectivity index (χ1) is 7.18. The number of carbonyl (C=O) groups excluding carboxylic acids is 1. The third-order valence-electron chi connectivity index (χ3n) is 2.25. The topological polar surface area (TPSA) is 29.5 Å². The third kappa shape index (κ3) is 1.97. The van der Waals surface area contributed by atoms with E-state index >= 15 is 0 Å². The highest BCUT2D eigenvalue weighted by Gasteiger charge is 2.26. The Hall–Kier alpha value is -1.48. The van der Waals surface area contributed by atoms with Crippen LogP contribution in [0, 0.1) is 0 Å². The van der Waals surface area contributed by atoms with Gasteiger partial charge in [-0.05, 0) is 11.6 Å². The fourth-order valence-electron chi connectivity index (χ4n) is 1.40. The number of cyclic esters (lactones) is 1. The van der Waals surface area contributed by atoms with Gasteiger partial charge < -0.3 is 4.74 Å². The number of hydrogen-bond acceptors (Lipinski definition) is 2. The first kappa shape index (κ1) is 10.1. The minimum absolute atomic E-state index is 0.267. The van der Waals surface area contributed by atoms with Gasteiger partial charge in [-0.3, -0.25) is 4.90 Å². The summed E-state index contributed by atoms with van der Waals surface area (Å²) >= 11 is 5.99. The molecule has 0 atom stereocenters. The van der Waals surface area contributed by atoms with E-state index in [1.54, 1.807) is 6.07 Å². The molecule has 0 radical (unpaired) electrons. The van der Waals surface area contributed by atoms with Gasteiger partial charge in [-0.25, -0.2) is 4.79 Å². The van der Waals surface area contributed by atoms with Crippen molar-refractivity contribution in [3.05, 3.63) is 47.1 Å². The average molecular weight is 224 g/mol. The van der Waals surface area contributed by atoms with Crippen LogP contribution in [0.2, 0.25) is 5.02 Å². The highest BCUT2D eigenvalue weighted by atomic mass is 35.5. The van der Waals surface area contributed by atoms with E-state index in [9.17, 15) is 4.79 Å². The van der Waals surface area contributed by atoms with Crippen molar-refractivity contribution in [2.45, 2.75) is 6.54 Å². The Labute approximate surface area is 92.9 Å². The molecule has 1 amide bonds. The Morgan fingerprint density at radius 2 is 2.20 bits per heavy atom. The minimum Gasteiger partial charge on any atom is -0.443 e. The van der Waals surface area contributed by atoms with Gasteiger partial charge in [0.2, 0.25) is 0 Å². The zero-order valence-electron chi connectivity index (χ0n) is 8.07. The Morgan fingerprint density at radius 1 is 1.47 bits per heavy atom. The Balaban J connectivity index is 2.18. The monoisotopic (exact) mass is 223 g/mol. The molecule has 15 heavy (non-hydrogen) atoms. The highest BCUT2D eigenvalue weighted by molar-refractivity contribution is 6.31. The molecule has 1 aromatic carbocycles. The van der Waals surface area contributed by atoms with E-state index in [1.165, 1.54) is 4.90 Å². The second-order valence-electron chi connectivity index (χ2n) is 3.30. The fraction of sp³-hybridized carbons (Fsp3) is 0.182. The van der Waals surface area contributed by atoms with Crippen molar-refractivity contribution >= 4 is 17.7 Å². The van der Waals surface area contributed by atoms with Crippen molar-refractivity contribution in [2.24, 2.45) is 0 Å². The highest BCUT2D eigenvalue weighted by Crippen LogP contribution is 2.22. The summed E-state index contributed by atoms with van der Waals surface area (Å²) in [6, 6.07) is 7.40. The third-order valence-corrected chi connectivity index (χ3v) is 2.62. The lowest BCUT2D eigenvalue weighted by molar-refractivity contribution is 0.157. The maximum atomic E-state index is 11.3. The van der Waals surface area contributed by atoms with Crippen molar-refractivity contribution < 1.29 is 9.53 Å². The number of halogens is 1. The molecular formula is C11H10ClNO2. The first-order valence-corrected chi connectivity index (χ1v) is 4.92. The summed E-state index contributed by atoms with van der Waals surface area (Å²) in [6.45, 7) is 4.43. The summed E-state index contributed by atoms with van der Waals surface area (Å²) in [5.74, 6) is 0. The van der Waals surface area contributed by atoms with Gasteiger partial charge in [0, 0.05) is 5.02 Å². The van der Waals surface area contributed by atoms with Crippen LogP contribution >= 0.6 is 11.6 Å². The van der Waals surface area contributed by atoms with Crippen LogP contribution in [-0.4, -0.2) is 17.6 Å². The maximum Gasteiger partial charge on any atom is 0.414 e. The number of nitrogens with zero attached hydrogens (tertiary/aromatic N) is 1. The molecule has 1 aliphatic heterocycles. The van der Waals surface area contributed by atoms with Crippen LogP contribution in [0.25, 0.3) is 0 Å². The lowest BCUT2D eigenvalue weighted by Gasteiger charge is -2.14. The molecule has 78 valence electrons. The van der Waals surface area contributed by atoms with Gasteiger partial charge in [0.15, 0.2) is 0 Å². The molecule has 0 N–H and O–H groups in total. The van der Waals surface area contributed by atoms with Gasteiger partial charge in [0.05, 0.1) is 12.2 Å². The van der Waals surface area contributed by atoms with E-state index in [-0.39, 0.29) is 12.7 Å². The van der Waals surface area contributed by atoms with E-state index in [1.807, 2.05) is 18.2 Å². The van der Waals surface area contributed by atoms with Gasteiger partial charge >= 0.3 is 6.09 Å². The van der Waals surface area contributed by atoms with Crippen molar-refractivity contribution in [3.63, 3.8) is 0 Å². The van der Waals surface area contributed by atoms with Gasteiger partial charge in [-0.2, -0.15) is 0 Å². The quantitative estimate of drug-likeness (QED) is 0.772. The predicted molar refractivity (Wildman–Crippen MR) is 57.5 cm³/mol. The van der Waals surface area contributed by atoms with Crippen LogP contribution in [0.3, 0.4) is 0 Å². The molecule has 0 spiro atoms. The first-order valence-electron chi connectivity index (χ1n) is 4.54. The van der Waals surface area contributed by atoms with Crippen LogP contribution < -0.4 is 0 Å². The van der Waals surface area contributed by atoms with Gasteiger partial charge in [-0.1, -0.05) is 36.4 Å².